The zero-order chi connectivity index (χ0) is 10.8. The lowest BCUT2D eigenvalue weighted by Crippen LogP contribution is -2.05. The third-order valence-corrected chi connectivity index (χ3v) is 3.76. The molecule has 0 aromatic heterocycles. The Morgan fingerprint density at radius 1 is 1.43 bits per heavy atom. The molecule has 0 spiro atoms. The number of hydrogen-bond acceptors (Lipinski definition) is 4. The van der Waals surface area contributed by atoms with Crippen LogP contribution in [-0.4, -0.2) is 21.2 Å². The van der Waals surface area contributed by atoms with E-state index in [0.717, 1.165) is 5.69 Å². The largest absolute Gasteiger partial charge is 0.397 e. The molecule has 0 saturated heterocycles. The van der Waals surface area contributed by atoms with Crippen LogP contribution in [0, 0.1) is 0 Å². The minimum atomic E-state index is -3.15. The summed E-state index contributed by atoms with van der Waals surface area (Å²) < 4.78 is 23.0. The van der Waals surface area contributed by atoms with Gasteiger partial charge in [0.05, 0.1) is 22.0 Å². The number of nitrogen functional groups attached to an aromatic ring is 1. The fourth-order valence-electron chi connectivity index (χ4n) is 1.13. The van der Waals surface area contributed by atoms with Crippen molar-refractivity contribution >= 4 is 21.2 Å². The van der Waals surface area contributed by atoms with Gasteiger partial charge in [0.25, 0.3) is 0 Å². The molecule has 1 aromatic rings. The van der Waals surface area contributed by atoms with Gasteiger partial charge in [0.15, 0.2) is 9.84 Å². The summed E-state index contributed by atoms with van der Waals surface area (Å²) in [5.74, 6) is 0.0886. The van der Waals surface area contributed by atoms with E-state index in [9.17, 15) is 8.42 Å². The Bertz CT molecular complexity index is 426. The second kappa shape index (κ2) is 3.88. The number of nitrogens with two attached hydrogens (primary N) is 1. The van der Waals surface area contributed by atoms with Crippen LogP contribution in [0.5, 0.6) is 0 Å². The fraction of sp³-hybridized carbons (Fsp3) is 0.333. The first-order valence-electron chi connectivity index (χ1n) is 4.31. The molecule has 4 nitrogen and oxygen atoms in total. The van der Waals surface area contributed by atoms with E-state index >= 15 is 0 Å². The number of benzene rings is 1. The Hall–Kier alpha value is -1.23. The third-order valence-electron chi connectivity index (χ3n) is 2.03. The summed E-state index contributed by atoms with van der Waals surface area (Å²) in [4.78, 5) is 0.275. The molecule has 1 aromatic carbocycles. The van der Waals surface area contributed by atoms with Gasteiger partial charge in [0, 0.05) is 7.05 Å². The molecule has 0 fully saturated rings. The summed E-state index contributed by atoms with van der Waals surface area (Å²) in [6.45, 7) is 1.61. The molecule has 0 radical (unpaired) electrons. The van der Waals surface area contributed by atoms with Gasteiger partial charge >= 0.3 is 0 Å². The van der Waals surface area contributed by atoms with E-state index in [1.54, 1.807) is 26.1 Å². The zero-order valence-electron chi connectivity index (χ0n) is 8.24. The number of hydrogen-bond donors (Lipinski definition) is 2. The van der Waals surface area contributed by atoms with Crippen molar-refractivity contribution in [3.05, 3.63) is 18.2 Å². The van der Waals surface area contributed by atoms with E-state index in [1.165, 1.54) is 6.07 Å². The Labute approximate surface area is 84.0 Å². The van der Waals surface area contributed by atoms with Crippen molar-refractivity contribution in [1.29, 1.82) is 0 Å². The van der Waals surface area contributed by atoms with Crippen molar-refractivity contribution in [2.45, 2.75) is 11.8 Å². The first-order valence-corrected chi connectivity index (χ1v) is 5.96. The number of anilines is 2. The lowest BCUT2D eigenvalue weighted by atomic mass is 10.3. The van der Waals surface area contributed by atoms with Crippen molar-refractivity contribution in [1.82, 2.24) is 0 Å². The summed E-state index contributed by atoms with van der Waals surface area (Å²) in [6.07, 6.45) is 0. The van der Waals surface area contributed by atoms with Crippen LogP contribution in [0.2, 0.25) is 0 Å². The van der Waals surface area contributed by atoms with Crippen molar-refractivity contribution in [3.63, 3.8) is 0 Å². The van der Waals surface area contributed by atoms with Crippen LogP contribution in [0.1, 0.15) is 6.92 Å². The quantitative estimate of drug-likeness (QED) is 0.739. The first kappa shape index (κ1) is 10.8. The van der Waals surface area contributed by atoms with Crippen molar-refractivity contribution in [2.24, 2.45) is 0 Å². The van der Waals surface area contributed by atoms with Gasteiger partial charge in [-0.15, -0.1) is 0 Å². The highest BCUT2D eigenvalue weighted by atomic mass is 32.2. The molecule has 0 amide bonds. The number of sulfone groups is 1. The summed E-state index contributed by atoms with van der Waals surface area (Å²) in [5, 5.41) is 2.87. The van der Waals surface area contributed by atoms with Gasteiger partial charge in [0.1, 0.15) is 0 Å². The van der Waals surface area contributed by atoms with E-state index < -0.39 is 9.84 Å². The second-order valence-corrected chi connectivity index (χ2v) is 5.18. The molecule has 0 aliphatic rings. The van der Waals surface area contributed by atoms with Gasteiger partial charge in [-0.1, -0.05) is 6.92 Å². The number of nitrogens with one attached hydrogen (secondary N) is 1. The Morgan fingerprint density at radius 2 is 2.07 bits per heavy atom. The molecule has 0 unspecified atom stereocenters. The SMILES string of the molecule is CCS(=O)(=O)c1ccc(NC)c(N)c1. The highest BCUT2D eigenvalue weighted by molar-refractivity contribution is 7.91. The van der Waals surface area contributed by atoms with Gasteiger partial charge < -0.3 is 11.1 Å². The van der Waals surface area contributed by atoms with E-state index in [1.807, 2.05) is 0 Å². The fourth-order valence-corrected chi connectivity index (χ4v) is 2.04. The molecule has 14 heavy (non-hydrogen) atoms. The van der Waals surface area contributed by atoms with Crippen LogP contribution in [0.15, 0.2) is 23.1 Å². The van der Waals surface area contributed by atoms with E-state index in [4.69, 9.17) is 5.73 Å². The predicted octanol–water partition coefficient (Wildman–Crippen LogP) is 1.10. The third kappa shape index (κ3) is 1.98. The molecular weight excluding hydrogens is 200 g/mol. The summed E-state index contributed by atoms with van der Waals surface area (Å²) in [7, 11) is -1.42. The standard InChI is InChI=1S/C9H14N2O2S/c1-3-14(12,13)7-4-5-9(11-2)8(10)6-7/h4-6,11H,3,10H2,1-2H3. The first-order chi connectivity index (χ1) is 6.51. The second-order valence-electron chi connectivity index (χ2n) is 2.90. The molecule has 5 heteroatoms. The van der Waals surface area contributed by atoms with Crippen molar-refractivity contribution < 1.29 is 8.42 Å². The maximum Gasteiger partial charge on any atom is 0.178 e. The summed E-state index contributed by atoms with van der Waals surface area (Å²) in [6, 6.07) is 4.70. The van der Waals surface area contributed by atoms with E-state index in [0.29, 0.717) is 5.69 Å². The van der Waals surface area contributed by atoms with Crippen LogP contribution in [0.4, 0.5) is 11.4 Å². The Kier molecular flexibility index (Phi) is 3.00. The molecule has 0 saturated carbocycles. The van der Waals surface area contributed by atoms with Gasteiger partial charge in [-0.3, -0.25) is 0 Å². The molecule has 78 valence electrons. The molecule has 0 atom stereocenters. The molecule has 3 N–H and O–H groups in total. The van der Waals surface area contributed by atoms with Crippen LogP contribution in [-0.2, 0) is 9.84 Å². The summed E-state index contributed by atoms with van der Waals surface area (Å²) in [5.41, 5.74) is 6.84. The average Bonchev–Trinajstić information content (AvgIpc) is 2.17. The van der Waals surface area contributed by atoms with Crippen LogP contribution < -0.4 is 11.1 Å². The zero-order valence-corrected chi connectivity index (χ0v) is 9.06. The monoisotopic (exact) mass is 214 g/mol. The normalized spacial score (nSPS) is 11.3. The molecule has 0 heterocycles. The molecular formula is C9H14N2O2S. The van der Waals surface area contributed by atoms with E-state index in [-0.39, 0.29) is 10.6 Å². The highest BCUT2D eigenvalue weighted by Gasteiger charge is 2.12. The van der Waals surface area contributed by atoms with E-state index in [2.05, 4.69) is 5.32 Å². The lowest BCUT2D eigenvalue weighted by molar-refractivity contribution is 0.597. The van der Waals surface area contributed by atoms with Gasteiger partial charge in [-0.25, -0.2) is 8.42 Å². The van der Waals surface area contributed by atoms with Gasteiger partial charge in [0.2, 0.25) is 0 Å². The lowest BCUT2D eigenvalue weighted by Gasteiger charge is -2.07. The van der Waals surface area contributed by atoms with Crippen LogP contribution >= 0.6 is 0 Å². The van der Waals surface area contributed by atoms with Crippen LogP contribution in [0.25, 0.3) is 0 Å². The van der Waals surface area contributed by atoms with Crippen LogP contribution in [0.3, 0.4) is 0 Å². The topological polar surface area (TPSA) is 72.2 Å². The highest BCUT2D eigenvalue weighted by Crippen LogP contribution is 2.22. The van der Waals surface area contributed by atoms with Gasteiger partial charge in [-0.05, 0) is 18.2 Å². The number of rotatable bonds is 3. The van der Waals surface area contributed by atoms with Gasteiger partial charge in [-0.2, -0.15) is 0 Å². The molecule has 1 rings (SSSR count). The van der Waals surface area contributed by atoms with Crippen molar-refractivity contribution in [2.75, 3.05) is 23.9 Å². The minimum Gasteiger partial charge on any atom is -0.397 e. The maximum atomic E-state index is 11.5. The summed E-state index contributed by atoms with van der Waals surface area (Å²) >= 11 is 0. The Balaban J connectivity index is 3.22. The molecule has 0 aliphatic heterocycles. The van der Waals surface area contributed by atoms with Crippen molar-refractivity contribution in [3.8, 4) is 0 Å². The minimum absolute atomic E-state index is 0.0886. The predicted molar refractivity (Wildman–Crippen MR) is 58.1 cm³/mol. The Morgan fingerprint density at radius 3 is 2.50 bits per heavy atom. The smallest absolute Gasteiger partial charge is 0.178 e. The maximum absolute atomic E-state index is 11.5. The molecule has 0 aliphatic carbocycles. The average molecular weight is 214 g/mol. The molecule has 0 bridgehead atoms.